The summed E-state index contributed by atoms with van der Waals surface area (Å²) in [5.74, 6) is 0.285. The minimum atomic E-state index is -0.113. The number of para-hydroxylation sites is 1. The van der Waals surface area contributed by atoms with Gasteiger partial charge in [-0.25, -0.2) is 0 Å². The van der Waals surface area contributed by atoms with Gasteiger partial charge in [0.25, 0.3) is 5.91 Å². The fraction of sp³-hybridized carbons (Fsp3) is 0.357. The molecule has 0 unspecified atom stereocenters. The van der Waals surface area contributed by atoms with E-state index in [0.717, 1.165) is 36.9 Å². The highest BCUT2D eigenvalue weighted by Gasteiger charge is 2.18. The van der Waals surface area contributed by atoms with Gasteiger partial charge in [-0.3, -0.25) is 4.79 Å². The molecule has 0 atom stereocenters. The monoisotopic (exact) mass is 280 g/mol. The van der Waals surface area contributed by atoms with Crippen molar-refractivity contribution in [3.8, 4) is 0 Å². The van der Waals surface area contributed by atoms with Gasteiger partial charge in [-0.1, -0.05) is 18.2 Å². The molecule has 0 aliphatic carbocycles. The highest BCUT2D eigenvalue weighted by atomic mass is 35.5. The van der Waals surface area contributed by atoms with E-state index in [1.165, 1.54) is 0 Å². The van der Waals surface area contributed by atoms with E-state index >= 15 is 0 Å². The maximum Gasteiger partial charge on any atom is 0.287 e. The van der Waals surface area contributed by atoms with Gasteiger partial charge in [-0.05, 0) is 38.1 Å². The number of hydrogen-bond donors (Lipinski definition) is 2. The Kier molecular flexibility index (Phi) is 4.45. The van der Waals surface area contributed by atoms with E-state index in [0.29, 0.717) is 5.76 Å². The number of amides is 1. The molecule has 1 amide bonds. The Morgan fingerprint density at radius 1 is 1.26 bits per heavy atom. The lowest BCUT2D eigenvalue weighted by molar-refractivity contribution is 0.0903. The van der Waals surface area contributed by atoms with Crippen molar-refractivity contribution in [2.24, 2.45) is 0 Å². The Bertz CT molecular complexity index is 528. The van der Waals surface area contributed by atoms with Crippen molar-refractivity contribution in [1.82, 2.24) is 10.6 Å². The number of halogens is 1. The number of fused-ring (bicyclic) bond motifs is 1. The number of nitrogens with one attached hydrogen (secondary N) is 2. The van der Waals surface area contributed by atoms with Gasteiger partial charge in [0, 0.05) is 11.4 Å². The number of carbonyl (C=O) groups is 1. The predicted octanol–water partition coefficient (Wildman–Crippen LogP) is 2.34. The summed E-state index contributed by atoms with van der Waals surface area (Å²) < 4.78 is 5.54. The quantitative estimate of drug-likeness (QED) is 0.888. The Balaban J connectivity index is 0.00000133. The van der Waals surface area contributed by atoms with Crippen molar-refractivity contribution in [3.05, 3.63) is 36.1 Å². The molecule has 1 aromatic carbocycles. The van der Waals surface area contributed by atoms with Crippen molar-refractivity contribution in [2.75, 3.05) is 13.1 Å². The highest BCUT2D eigenvalue weighted by molar-refractivity contribution is 5.96. The fourth-order valence-electron chi connectivity index (χ4n) is 2.32. The van der Waals surface area contributed by atoms with Crippen molar-refractivity contribution >= 4 is 29.3 Å². The van der Waals surface area contributed by atoms with E-state index in [1.807, 2.05) is 24.3 Å². The first-order valence-corrected chi connectivity index (χ1v) is 6.33. The Hall–Kier alpha value is -1.52. The zero-order chi connectivity index (χ0) is 12.4. The van der Waals surface area contributed by atoms with Crippen molar-refractivity contribution < 1.29 is 9.21 Å². The van der Waals surface area contributed by atoms with Crippen LogP contribution >= 0.6 is 12.4 Å². The first-order chi connectivity index (χ1) is 8.83. The Morgan fingerprint density at radius 3 is 2.74 bits per heavy atom. The van der Waals surface area contributed by atoms with Crippen LogP contribution in [0.2, 0.25) is 0 Å². The minimum absolute atomic E-state index is 0. The van der Waals surface area contributed by atoms with Crippen molar-refractivity contribution in [1.29, 1.82) is 0 Å². The fourth-order valence-corrected chi connectivity index (χ4v) is 2.32. The molecule has 19 heavy (non-hydrogen) atoms. The maximum atomic E-state index is 12.1. The van der Waals surface area contributed by atoms with Crippen LogP contribution in [0.1, 0.15) is 23.4 Å². The number of piperidine rings is 1. The van der Waals surface area contributed by atoms with Crippen LogP contribution in [0.5, 0.6) is 0 Å². The van der Waals surface area contributed by atoms with Gasteiger partial charge < -0.3 is 15.1 Å². The molecule has 4 nitrogen and oxygen atoms in total. The second-order valence-electron chi connectivity index (χ2n) is 4.65. The predicted molar refractivity (Wildman–Crippen MR) is 76.8 cm³/mol. The van der Waals surface area contributed by atoms with E-state index < -0.39 is 0 Å². The van der Waals surface area contributed by atoms with Crippen molar-refractivity contribution in [3.63, 3.8) is 0 Å². The van der Waals surface area contributed by atoms with Crippen LogP contribution in [0.4, 0.5) is 0 Å². The third-order valence-corrected chi connectivity index (χ3v) is 3.32. The van der Waals surface area contributed by atoms with Gasteiger partial charge in [-0.15, -0.1) is 12.4 Å². The van der Waals surface area contributed by atoms with Crippen LogP contribution in [-0.2, 0) is 0 Å². The largest absolute Gasteiger partial charge is 0.451 e. The van der Waals surface area contributed by atoms with Gasteiger partial charge in [0.2, 0.25) is 0 Å². The van der Waals surface area contributed by atoms with Gasteiger partial charge in [-0.2, -0.15) is 0 Å². The molecule has 0 bridgehead atoms. The zero-order valence-electron chi connectivity index (χ0n) is 10.5. The van der Waals surface area contributed by atoms with Gasteiger partial charge in [0.1, 0.15) is 5.58 Å². The average Bonchev–Trinajstić information content (AvgIpc) is 2.84. The van der Waals surface area contributed by atoms with Crippen LogP contribution in [-0.4, -0.2) is 25.0 Å². The SMILES string of the molecule is Cl.O=C(NC1CCNCC1)c1cc2ccccc2o1. The van der Waals surface area contributed by atoms with E-state index in [2.05, 4.69) is 10.6 Å². The molecule has 3 rings (SSSR count). The summed E-state index contributed by atoms with van der Waals surface area (Å²) in [6.45, 7) is 1.93. The molecule has 1 aromatic heterocycles. The molecule has 5 heteroatoms. The summed E-state index contributed by atoms with van der Waals surface area (Å²) in [4.78, 5) is 12.1. The summed E-state index contributed by atoms with van der Waals surface area (Å²) in [6.07, 6.45) is 1.96. The van der Waals surface area contributed by atoms with E-state index in [9.17, 15) is 4.79 Å². The number of furan rings is 1. The summed E-state index contributed by atoms with van der Waals surface area (Å²) in [7, 11) is 0. The maximum absolute atomic E-state index is 12.1. The second-order valence-corrected chi connectivity index (χ2v) is 4.65. The number of rotatable bonds is 2. The molecule has 1 fully saturated rings. The summed E-state index contributed by atoms with van der Waals surface area (Å²) >= 11 is 0. The smallest absolute Gasteiger partial charge is 0.287 e. The second kappa shape index (κ2) is 6.08. The summed E-state index contributed by atoms with van der Waals surface area (Å²) in [5.41, 5.74) is 0.757. The van der Waals surface area contributed by atoms with E-state index in [4.69, 9.17) is 4.42 Å². The molecule has 1 aliphatic heterocycles. The zero-order valence-corrected chi connectivity index (χ0v) is 11.3. The van der Waals surface area contributed by atoms with E-state index in [1.54, 1.807) is 6.07 Å². The van der Waals surface area contributed by atoms with Crippen LogP contribution < -0.4 is 10.6 Å². The van der Waals surface area contributed by atoms with Crippen LogP contribution in [0.25, 0.3) is 11.0 Å². The topological polar surface area (TPSA) is 54.3 Å². The molecule has 2 N–H and O–H groups in total. The molecular weight excluding hydrogens is 264 g/mol. The molecule has 2 heterocycles. The Morgan fingerprint density at radius 2 is 2.00 bits per heavy atom. The van der Waals surface area contributed by atoms with Crippen LogP contribution in [0, 0.1) is 0 Å². The lowest BCUT2D eigenvalue weighted by Gasteiger charge is -2.23. The minimum Gasteiger partial charge on any atom is -0.451 e. The number of benzene rings is 1. The van der Waals surface area contributed by atoms with Gasteiger partial charge in [0.15, 0.2) is 5.76 Å². The summed E-state index contributed by atoms with van der Waals surface area (Å²) in [5, 5.41) is 7.26. The first kappa shape index (κ1) is 13.9. The molecule has 1 aliphatic rings. The molecule has 0 radical (unpaired) electrons. The molecule has 0 spiro atoms. The normalized spacial score (nSPS) is 16.0. The van der Waals surface area contributed by atoms with E-state index in [-0.39, 0.29) is 24.4 Å². The molecular formula is C14H17ClN2O2. The Labute approximate surface area is 118 Å². The highest BCUT2D eigenvalue weighted by Crippen LogP contribution is 2.19. The van der Waals surface area contributed by atoms with Crippen LogP contribution in [0.15, 0.2) is 34.7 Å². The van der Waals surface area contributed by atoms with Crippen LogP contribution in [0.3, 0.4) is 0 Å². The summed E-state index contributed by atoms with van der Waals surface area (Å²) in [6, 6.07) is 9.71. The van der Waals surface area contributed by atoms with Crippen molar-refractivity contribution in [2.45, 2.75) is 18.9 Å². The third-order valence-electron chi connectivity index (χ3n) is 3.32. The molecule has 0 saturated carbocycles. The molecule has 2 aromatic rings. The van der Waals surface area contributed by atoms with Gasteiger partial charge >= 0.3 is 0 Å². The molecule has 1 saturated heterocycles. The van der Waals surface area contributed by atoms with Gasteiger partial charge in [0.05, 0.1) is 0 Å². The molecule has 102 valence electrons. The third kappa shape index (κ3) is 3.08. The first-order valence-electron chi connectivity index (χ1n) is 6.33. The average molecular weight is 281 g/mol. The standard InChI is InChI=1S/C14H16N2O2.ClH/c17-14(16-11-5-7-15-8-6-11)13-9-10-3-1-2-4-12(10)18-13;/h1-4,9,11,15H,5-8H2,(H,16,17);1H. The number of hydrogen-bond acceptors (Lipinski definition) is 3. The lowest BCUT2D eigenvalue weighted by Crippen LogP contribution is -2.42. The number of carbonyl (C=O) groups excluding carboxylic acids is 1. The lowest BCUT2D eigenvalue weighted by atomic mass is 10.1.